The number of nitrogens with zero attached hydrogens (tertiary/aromatic N) is 2. The summed E-state index contributed by atoms with van der Waals surface area (Å²) in [5, 5.41) is 0. The normalized spacial score (nSPS) is 7.92. The fraction of sp³-hybridized carbons (Fsp3) is 0.375. The molecule has 2 nitrogen and oxygen atoms in total. The van der Waals surface area contributed by atoms with E-state index in [4.69, 9.17) is 0 Å². The topological polar surface area (TPSA) is 16.1 Å². The Labute approximate surface area is 100 Å². The smallest absolute Gasteiger partial charge is 1.00 e. The number of hydrogen-bond donors (Lipinski definition) is 0. The molecule has 0 unspecified atom stereocenters. The summed E-state index contributed by atoms with van der Waals surface area (Å²) in [5.74, 6) is 0.983. The van der Waals surface area contributed by atoms with E-state index in [1.165, 1.54) is 0 Å². The number of aromatic nitrogens is 1. The molecular weight excluding hydrogens is 228 g/mol. The molecule has 0 N–H and O–H groups in total. The first-order chi connectivity index (χ1) is 4.70. The van der Waals surface area contributed by atoms with Crippen molar-refractivity contribution in [1.29, 1.82) is 0 Å². The van der Waals surface area contributed by atoms with Gasteiger partial charge in [0.2, 0.25) is 0 Å². The van der Waals surface area contributed by atoms with Crippen LogP contribution in [0.3, 0.4) is 0 Å². The molecule has 0 saturated heterocycles. The van der Waals surface area contributed by atoms with Crippen LogP contribution in [0.15, 0.2) is 12.3 Å². The number of anilines is 1. The fourth-order valence-corrected chi connectivity index (χ4v) is 0.717. The minimum atomic E-state index is 0. The van der Waals surface area contributed by atoms with E-state index in [-0.39, 0.29) is 40.0 Å². The first-order valence-corrected chi connectivity index (χ1v) is 3.22. The van der Waals surface area contributed by atoms with Crippen molar-refractivity contribution in [2.45, 2.75) is 6.92 Å². The van der Waals surface area contributed by atoms with Crippen molar-refractivity contribution in [3.05, 3.63) is 23.9 Å². The SMILES string of the molecule is Cc1[c-]cnc(N(C)C)c1.[Br-].[Mg+2]. The number of aryl methyl sites for hydroxylation is 1. The van der Waals surface area contributed by atoms with Crippen molar-refractivity contribution in [3.8, 4) is 0 Å². The average molecular weight is 239 g/mol. The molecule has 4 heteroatoms. The van der Waals surface area contributed by atoms with Gasteiger partial charge in [0.15, 0.2) is 0 Å². The molecule has 0 aliphatic carbocycles. The number of rotatable bonds is 1. The Kier molecular flexibility index (Phi) is 8.19. The molecule has 0 spiro atoms. The van der Waals surface area contributed by atoms with E-state index < -0.39 is 0 Å². The molecule has 1 aromatic heterocycles. The third kappa shape index (κ3) is 4.28. The second-order valence-corrected chi connectivity index (χ2v) is 2.48. The minimum Gasteiger partial charge on any atom is -1.00 e. The van der Waals surface area contributed by atoms with Gasteiger partial charge in [0.1, 0.15) is 0 Å². The summed E-state index contributed by atoms with van der Waals surface area (Å²) in [6.07, 6.45) is 1.70. The van der Waals surface area contributed by atoms with Crippen LogP contribution in [-0.2, 0) is 0 Å². The van der Waals surface area contributed by atoms with Gasteiger partial charge in [-0.25, -0.2) is 11.6 Å². The van der Waals surface area contributed by atoms with Crippen molar-refractivity contribution in [3.63, 3.8) is 0 Å². The Bertz CT molecular complexity index is 228. The Morgan fingerprint density at radius 1 is 1.42 bits per heavy atom. The molecule has 0 amide bonds. The monoisotopic (exact) mass is 238 g/mol. The summed E-state index contributed by atoms with van der Waals surface area (Å²) >= 11 is 0. The molecule has 1 heterocycles. The van der Waals surface area contributed by atoms with E-state index in [0.717, 1.165) is 11.4 Å². The van der Waals surface area contributed by atoms with Crippen LogP contribution in [0.2, 0.25) is 0 Å². The Balaban J connectivity index is 0. The van der Waals surface area contributed by atoms with E-state index >= 15 is 0 Å². The van der Waals surface area contributed by atoms with Gasteiger partial charge in [-0.05, 0) is 0 Å². The van der Waals surface area contributed by atoms with Crippen molar-refractivity contribution < 1.29 is 17.0 Å². The zero-order valence-corrected chi connectivity index (χ0v) is 10.6. The summed E-state index contributed by atoms with van der Waals surface area (Å²) in [6, 6.07) is 4.99. The molecule has 0 radical (unpaired) electrons. The van der Waals surface area contributed by atoms with Gasteiger partial charge in [-0.15, -0.1) is 0 Å². The molecule has 0 aliphatic rings. The maximum atomic E-state index is 4.11. The van der Waals surface area contributed by atoms with Crippen LogP contribution in [0.1, 0.15) is 5.56 Å². The minimum absolute atomic E-state index is 0. The fourth-order valence-electron chi connectivity index (χ4n) is 0.717. The van der Waals surface area contributed by atoms with Crippen LogP contribution in [0, 0.1) is 13.0 Å². The maximum absolute atomic E-state index is 4.11. The molecule has 0 aliphatic heterocycles. The van der Waals surface area contributed by atoms with Gasteiger partial charge < -0.3 is 21.9 Å². The van der Waals surface area contributed by atoms with Gasteiger partial charge >= 0.3 is 23.1 Å². The predicted molar refractivity (Wildman–Crippen MR) is 47.9 cm³/mol. The van der Waals surface area contributed by atoms with Gasteiger partial charge in [-0.3, -0.25) is 4.98 Å². The quantitative estimate of drug-likeness (QED) is 0.411. The van der Waals surface area contributed by atoms with E-state index in [1.807, 2.05) is 32.0 Å². The van der Waals surface area contributed by atoms with Crippen molar-refractivity contribution in [2.75, 3.05) is 19.0 Å². The van der Waals surface area contributed by atoms with Crippen LogP contribution in [0.4, 0.5) is 5.82 Å². The van der Waals surface area contributed by atoms with Gasteiger partial charge in [0.25, 0.3) is 0 Å². The third-order valence-corrected chi connectivity index (χ3v) is 1.29. The predicted octanol–water partition coefficient (Wildman–Crippen LogP) is -2.12. The Hall–Kier alpha value is 0.196. The second-order valence-electron chi connectivity index (χ2n) is 2.48. The van der Waals surface area contributed by atoms with Crippen LogP contribution in [0.5, 0.6) is 0 Å². The summed E-state index contributed by atoms with van der Waals surface area (Å²) in [5.41, 5.74) is 1.12. The van der Waals surface area contributed by atoms with Gasteiger partial charge in [-0.1, -0.05) is 13.1 Å². The summed E-state index contributed by atoms with van der Waals surface area (Å²) in [6.45, 7) is 2.01. The maximum Gasteiger partial charge on any atom is 2.00 e. The second kappa shape index (κ2) is 6.68. The van der Waals surface area contributed by atoms with Gasteiger partial charge in [0, 0.05) is 19.9 Å². The summed E-state index contributed by atoms with van der Waals surface area (Å²) in [4.78, 5) is 6.08. The van der Waals surface area contributed by atoms with Gasteiger partial charge in [0.05, 0.1) is 0 Å². The number of pyridine rings is 1. The molecule has 1 rings (SSSR count). The molecule has 62 valence electrons. The first-order valence-electron chi connectivity index (χ1n) is 3.22. The van der Waals surface area contributed by atoms with E-state index in [0.29, 0.717) is 0 Å². The van der Waals surface area contributed by atoms with Crippen molar-refractivity contribution in [1.82, 2.24) is 4.98 Å². The Morgan fingerprint density at radius 2 is 2.00 bits per heavy atom. The van der Waals surface area contributed by atoms with Gasteiger partial charge in [-0.2, -0.15) is 6.07 Å². The largest absolute Gasteiger partial charge is 2.00 e. The number of halogens is 1. The molecule has 0 aromatic carbocycles. The van der Waals surface area contributed by atoms with Crippen LogP contribution < -0.4 is 21.9 Å². The summed E-state index contributed by atoms with van der Waals surface area (Å²) < 4.78 is 0. The average Bonchev–Trinajstić information content (AvgIpc) is 1.88. The number of hydrogen-bond acceptors (Lipinski definition) is 2. The molecule has 0 bridgehead atoms. The third-order valence-electron chi connectivity index (χ3n) is 1.29. The molecule has 12 heavy (non-hydrogen) atoms. The molecular formula is C8H11BrMgN2. The molecule has 0 fully saturated rings. The first kappa shape index (κ1) is 14.7. The molecule has 0 atom stereocenters. The van der Waals surface area contributed by atoms with Crippen LogP contribution in [-0.4, -0.2) is 42.1 Å². The van der Waals surface area contributed by atoms with Crippen LogP contribution >= 0.6 is 0 Å². The molecule has 1 aromatic rings. The Morgan fingerprint density at radius 3 is 2.33 bits per heavy atom. The standard InChI is InChI=1S/C8H11N2.BrH.Mg/c1-7-4-5-9-8(6-7)10(2)3;;/h5-6H,1-3H3;1H;/q-1;;+2/p-1. The van der Waals surface area contributed by atoms with E-state index in [9.17, 15) is 0 Å². The van der Waals surface area contributed by atoms with Crippen molar-refractivity contribution in [2.24, 2.45) is 0 Å². The zero-order valence-electron chi connectivity index (χ0n) is 7.63. The molecule has 0 saturated carbocycles. The van der Waals surface area contributed by atoms with E-state index in [2.05, 4.69) is 11.1 Å². The summed E-state index contributed by atoms with van der Waals surface area (Å²) in [7, 11) is 3.95. The zero-order chi connectivity index (χ0) is 7.56. The van der Waals surface area contributed by atoms with Crippen molar-refractivity contribution >= 4 is 28.9 Å². The van der Waals surface area contributed by atoms with E-state index in [1.54, 1.807) is 6.20 Å². The van der Waals surface area contributed by atoms with Crippen LogP contribution in [0.25, 0.3) is 0 Å².